The molecule has 0 radical (unpaired) electrons. The van der Waals surface area contributed by atoms with E-state index in [1.807, 2.05) is 0 Å². The van der Waals surface area contributed by atoms with Crippen molar-refractivity contribution in [3.8, 4) is 0 Å². The molecule has 0 spiro atoms. The van der Waals surface area contributed by atoms with E-state index in [2.05, 4.69) is 35.7 Å². The van der Waals surface area contributed by atoms with E-state index in [-0.39, 0.29) is 0 Å². The highest BCUT2D eigenvalue weighted by atomic mass is 127. The minimum absolute atomic E-state index is 0.716. The molecule has 0 rings (SSSR count). The van der Waals surface area contributed by atoms with Crippen LogP contribution >= 0.6 is 22.6 Å². The van der Waals surface area contributed by atoms with Crippen LogP contribution in [-0.2, 0) is 4.43 Å². The van der Waals surface area contributed by atoms with Gasteiger partial charge in [0.2, 0.25) is 0 Å². The van der Waals surface area contributed by atoms with Crippen molar-refractivity contribution >= 4 is 31.6 Å². The van der Waals surface area contributed by atoms with E-state index in [9.17, 15) is 0 Å². The Balaban J connectivity index is 2.75. The summed E-state index contributed by atoms with van der Waals surface area (Å²) in [5, 5.41) is 0. The molecule has 0 heterocycles. The van der Waals surface area contributed by atoms with Crippen LogP contribution in [0.5, 0.6) is 0 Å². The average molecular weight is 258 g/mol. The standard InChI is InChI=1S/C6H15IOSi/c1-9(2)8-6-4-3-5-7/h9H,3-6H2,1-2H3. The second kappa shape index (κ2) is 7.02. The van der Waals surface area contributed by atoms with E-state index in [1.54, 1.807) is 0 Å². The summed E-state index contributed by atoms with van der Waals surface area (Å²) in [6.45, 7) is 5.42. The molecule has 0 aliphatic carbocycles. The maximum atomic E-state index is 5.48. The lowest BCUT2D eigenvalue weighted by atomic mass is 10.4. The molecule has 0 aliphatic rings. The lowest BCUT2D eigenvalue weighted by Gasteiger charge is -2.04. The zero-order chi connectivity index (χ0) is 7.11. The fourth-order valence-corrected chi connectivity index (χ4v) is 1.69. The molecule has 1 nitrogen and oxygen atoms in total. The lowest BCUT2D eigenvalue weighted by Crippen LogP contribution is -2.08. The molecule has 3 heteroatoms. The molecule has 0 aromatic carbocycles. The van der Waals surface area contributed by atoms with Gasteiger partial charge in [-0.2, -0.15) is 0 Å². The summed E-state index contributed by atoms with van der Waals surface area (Å²) < 4.78 is 6.74. The second-order valence-corrected chi connectivity index (χ2v) is 5.83. The van der Waals surface area contributed by atoms with Crippen molar-refractivity contribution in [1.29, 1.82) is 0 Å². The Kier molecular flexibility index (Phi) is 7.73. The molecule has 0 atom stereocenters. The van der Waals surface area contributed by atoms with Crippen LogP contribution in [0.4, 0.5) is 0 Å². The largest absolute Gasteiger partial charge is 0.421 e. The number of hydrogen-bond acceptors (Lipinski definition) is 1. The molecule has 0 amide bonds. The quantitative estimate of drug-likeness (QED) is 0.318. The molecule has 0 unspecified atom stereocenters. The normalized spacial score (nSPS) is 10.7. The molecule has 0 fully saturated rings. The molecular weight excluding hydrogens is 243 g/mol. The SMILES string of the molecule is C[SiH](C)OCCCCI. The van der Waals surface area contributed by atoms with E-state index < -0.39 is 9.04 Å². The number of halogens is 1. The van der Waals surface area contributed by atoms with E-state index in [4.69, 9.17) is 4.43 Å². The Hall–Kier alpha value is 0.907. The van der Waals surface area contributed by atoms with Crippen LogP contribution in [0.15, 0.2) is 0 Å². The first kappa shape index (κ1) is 9.91. The van der Waals surface area contributed by atoms with Crippen LogP contribution in [0, 0.1) is 0 Å². The van der Waals surface area contributed by atoms with Crippen LogP contribution < -0.4 is 0 Å². The van der Waals surface area contributed by atoms with Crippen molar-refractivity contribution in [2.75, 3.05) is 11.0 Å². The average Bonchev–Trinajstić information content (AvgIpc) is 1.80. The number of alkyl halides is 1. The van der Waals surface area contributed by atoms with Gasteiger partial charge in [0.15, 0.2) is 9.04 Å². The first-order valence-corrected chi connectivity index (χ1v) is 7.75. The minimum atomic E-state index is -0.716. The van der Waals surface area contributed by atoms with Crippen LogP contribution in [0.25, 0.3) is 0 Å². The lowest BCUT2D eigenvalue weighted by molar-refractivity contribution is 0.318. The zero-order valence-electron chi connectivity index (χ0n) is 6.19. The molecule has 0 bridgehead atoms. The summed E-state index contributed by atoms with van der Waals surface area (Å²) in [6, 6.07) is 0. The van der Waals surface area contributed by atoms with Crippen molar-refractivity contribution in [3.05, 3.63) is 0 Å². The molecular formula is C6H15IOSi. The summed E-state index contributed by atoms with van der Waals surface area (Å²) in [5.41, 5.74) is 0. The maximum Gasteiger partial charge on any atom is 0.170 e. The fourth-order valence-electron chi connectivity index (χ4n) is 0.516. The first-order valence-electron chi connectivity index (χ1n) is 3.45. The zero-order valence-corrected chi connectivity index (χ0v) is 9.50. The van der Waals surface area contributed by atoms with Crippen LogP contribution in [0.2, 0.25) is 13.1 Å². The van der Waals surface area contributed by atoms with Crippen LogP contribution in [0.1, 0.15) is 12.8 Å². The van der Waals surface area contributed by atoms with E-state index in [1.165, 1.54) is 17.3 Å². The topological polar surface area (TPSA) is 9.23 Å². The molecule has 0 aromatic rings. The van der Waals surface area contributed by atoms with Gasteiger partial charge in [0, 0.05) is 6.61 Å². The van der Waals surface area contributed by atoms with Crippen LogP contribution in [-0.4, -0.2) is 20.1 Å². The van der Waals surface area contributed by atoms with Gasteiger partial charge in [0.05, 0.1) is 0 Å². The van der Waals surface area contributed by atoms with Gasteiger partial charge in [0.1, 0.15) is 0 Å². The van der Waals surface area contributed by atoms with Gasteiger partial charge in [-0.15, -0.1) is 0 Å². The Morgan fingerprint density at radius 1 is 1.33 bits per heavy atom. The Morgan fingerprint density at radius 2 is 2.00 bits per heavy atom. The van der Waals surface area contributed by atoms with E-state index in [0.717, 1.165) is 6.61 Å². The Labute approximate surface area is 73.0 Å². The summed E-state index contributed by atoms with van der Waals surface area (Å²) in [7, 11) is -0.716. The van der Waals surface area contributed by atoms with Gasteiger partial charge < -0.3 is 4.43 Å². The van der Waals surface area contributed by atoms with Gasteiger partial charge in [0.25, 0.3) is 0 Å². The fraction of sp³-hybridized carbons (Fsp3) is 1.00. The molecule has 9 heavy (non-hydrogen) atoms. The third kappa shape index (κ3) is 8.91. The van der Waals surface area contributed by atoms with Gasteiger partial charge in [-0.1, -0.05) is 22.6 Å². The Bertz CT molecular complexity index is 59.0. The summed E-state index contributed by atoms with van der Waals surface area (Å²) in [5.74, 6) is 0. The van der Waals surface area contributed by atoms with E-state index in [0.29, 0.717) is 0 Å². The highest BCUT2D eigenvalue weighted by molar-refractivity contribution is 14.1. The predicted octanol–water partition coefficient (Wildman–Crippen LogP) is 2.20. The van der Waals surface area contributed by atoms with Gasteiger partial charge in [-0.25, -0.2) is 0 Å². The number of rotatable bonds is 5. The highest BCUT2D eigenvalue weighted by Crippen LogP contribution is 1.95. The van der Waals surface area contributed by atoms with Crippen LogP contribution in [0.3, 0.4) is 0 Å². The smallest absolute Gasteiger partial charge is 0.170 e. The first-order chi connectivity index (χ1) is 4.27. The van der Waals surface area contributed by atoms with Gasteiger partial charge in [-0.05, 0) is 30.4 Å². The molecule has 0 aliphatic heterocycles. The minimum Gasteiger partial charge on any atom is -0.421 e. The Morgan fingerprint density at radius 3 is 2.44 bits per heavy atom. The number of unbranched alkanes of at least 4 members (excludes halogenated alkanes) is 1. The van der Waals surface area contributed by atoms with Crippen molar-refractivity contribution < 1.29 is 4.43 Å². The van der Waals surface area contributed by atoms with Gasteiger partial charge >= 0.3 is 0 Å². The maximum absolute atomic E-state index is 5.48. The highest BCUT2D eigenvalue weighted by Gasteiger charge is 1.93. The number of hydrogen-bond donors (Lipinski definition) is 0. The van der Waals surface area contributed by atoms with Gasteiger partial charge in [-0.3, -0.25) is 0 Å². The van der Waals surface area contributed by atoms with E-state index >= 15 is 0 Å². The molecule has 0 saturated carbocycles. The molecule has 0 aromatic heterocycles. The third-order valence-corrected chi connectivity index (χ3v) is 2.64. The molecule has 0 N–H and O–H groups in total. The summed E-state index contributed by atoms with van der Waals surface area (Å²) in [6.07, 6.45) is 2.55. The predicted molar refractivity (Wildman–Crippen MR) is 53.0 cm³/mol. The monoisotopic (exact) mass is 258 g/mol. The van der Waals surface area contributed by atoms with Crippen molar-refractivity contribution in [2.45, 2.75) is 25.9 Å². The van der Waals surface area contributed by atoms with Crippen molar-refractivity contribution in [2.24, 2.45) is 0 Å². The summed E-state index contributed by atoms with van der Waals surface area (Å²) in [4.78, 5) is 0. The molecule has 56 valence electrons. The summed E-state index contributed by atoms with van der Waals surface area (Å²) >= 11 is 2.40. The van der Waals surface area contributed by atoms with Crippen molar-refractivity contribution in [3.63, 3.8) is 0 Å². The second-order valence-electron chi connectivity index (χ2n) is 2.32. The van der Waals surface area contributed by atoms with Crippen molar-refractivity contribution in [1.82, 2.24) is 0 Å². The third-order valence-electron chi connectivity index (χ3n) is 0.979. The molecule has 0 saturated heterocycles.